The van der Waals surface area contributed by atoms with Crippen LogP contribution in [0.4, 0.5) is 0 Å². The summed E-state index contributed by atoms with van der Waals surface area (Å²) in [5.74, 6) is -0.242. The Morgan fingerprint density at radius 2 is 2.20 bits per heavy atom. The summed E-state index contributed by atoms with van der Waals surface area (Å²) in [6.45, 7) is 3.92. The van der Waals surface area contributed by atoms with Gasteiger partial charge >= 0.3 is 0 Å². The van der Waals surface area contributed by atoms with Crippen molar-refractivity contribution in [3.8, 4) is 0 Å². The van der Waals surface area contributed by atoms with Crippen LogP contribution in [0.15, 0.2) is 23.8 Å². The Morgan fingerprint density at radius 3 is 2.80 bits per heavy atom. The molecule has 2 amide bonds. The molecule has 82 valence electrons. The molecule has 1 rings (SSSR count). The zero-order valence-corrected chi connectivity index (χ0v) is 9.04. The van der Waals surface area contributed by atoms with E-state index in [4.69, 9.17) is 0 Å². The molecular weight excluding hydrogens is 192 g/mol. The van der Waals surface area contributed by atoms with Gasteiger partial charge in [-0.15, -0.1) is 0 Å². The molecule has 1 aliphatic heterocycles. The fourth-order valence-electron chi connectivity index (χ4n) is 1.48. The first-order valence-corrected chi connectivity index (χ1v) is 5.02. The van der Waals surface area contributed by atoms with Crippen LogP contribution in [0.3, 0.4) is 0 Å². The van der Waals surface area contributed by atoms with Gasteiger partial charge in [0.25, 0.3) is 0 Å². The quantitative estimate of drug-likeness (QED) is 0.664. The Morgan fingerprint density at radius 1 is 1.47 bits per heavy atom. The number of amides is 2. The molecule has 1 atom stereocenters. The van der Waals surface area contributed by atoms with E-state index in [0.717, 1.165) is 5.57 Å². The number of carbonyl (C=O) groups is 2. The molecule has 0 radical (unpaired) electrons. The number of nitrogens with one attached hydrogen (secondary N) is 2. The fraction of sp³-hybridized carbons (Fsp3) is 0.455. The molecule has 0 bridgehead atoms. The van der Waals surface area contributed by atoms with Crippen molar-refractivity contribution >= 4 is 11.8 Å². The molecule has 1 heterocycles. The normalized spacial score (nSPS) is 22.8. The molecule has 0 aromatic rings. The molecule has 0 spiro atoms. The molecule has 0 saturated carbocycles. The monoisotopic (exact) mass is 208 g/mol. The van der Waals surface area contributed by atoms with E-state index < -0.39 is 6.04 Å². The second kappa shape index (κ2) is 5.34. The molecule has 0 aromatic carbocycles. The van der Waals surface area contributed by atoms with Gasteiger partial charge in [-0.05, 0) is 13.8 Å². The molecule has 0 aliphatic carbocycles. The van der Waals surface area contributed by atoms with Gasteiger partial charge in [-0.3, -0.25) is 9.59 Å². The summed E-state index contributed by atoms with van der Waals surface area (Å²) in [7, 11) is 0. The summed E-state index contributed by atoms with van der Waals surface area (Å²) < 4.78 is 0. The van der Waals surface area contributed by atoms with Crippen molar-refractivity contribution in [2.45, 2.75) is 26.3 Å². The van der Waals surface area contributed by atoms with E-state index in [1.54, 1.807) is 0 Å². The average Bonchev–Trinajstić information content (AvgIpc) is 2.22. The van der Waals surface area contributed by atoms with Crippen LogP contribution in [0.1, 0.15) is 20.3 Å². The lowest BCUT2D eigenvalue weighted by Crippen LogP contribution is -2.56. The zero-order chi connectivity index (χ0) is 11.3. The smallest absolute Gasteiger partial charge is 0.243 e. The van der Waals surface area contributed by atoms with Crippen molar-refractivity contribution in [1.29, 1.82) is 0 Å². The summed E-state index contributed by atoms with van der Waals surface area (Å²) in [6, 6.07) is -0.436. The molecule has 0 aromatic heterocycles. The van der Waals surface area contributed by atoms with Gasteiger partial charge in [0.05, 0.1) is 6.54 Å². The lowest BCUT2D eigenvalue weighted by Gasteiger charge is -2.23. The Labute approximate surface area is 89.4 Å². The predicted molar refractivity (Wildman–Crippen MR) is 58.1 cm³/mol. The molecule has 1 fully saturated rings. The van der Waals surface area contributed by atoms with Crippen LogP contribution >= 0.6 is 0 Å². The molecule has 4 heteroatoms. The highest BCUT2D eigenvalue weighted by atomic mass is 16.2. The summed E-state index contributed by atoms with van der Waals surface area (Å²) >= 11 is 0. The van der Waals surface area contributed by atoms with Crippen molar-refractivity contribution in [2.24, 2.45) is 0 Å². The highest BCUT2D eigenvalue weighted by molar-refractivity contribution is 5.94. The van der Waals surface area contributed by atoms with E-state index in [-0.39, 0.29) is 18.4 Å². The first-order chi connectivity index (χ1) is 7.17. The lowest BCUT2D eigenvalue weighted by atomic mass is 10.0. The minimum atomic E-state index is -0.436. The predicted octanol–water partition coefficient (Wildman–Crippen LogP) is 0.513. The molecular formula is C11H16N2O2. The standard InChI is InChI=1S/C11H16N2O2/c1-3-5-8(4-2)6-9-11(15)12-7-10(14)13-9/h3-5,9H,6-7H2,1-2H3,(H,12,15)(H,13,14)/b5-3-,8-4+. The summed E-state index contributed by atoms with van der Waals surface area (Å²) in [5.41, 5.74) is 1.04. The van der Waals surface area contributed by atoms with Gasteiger partial charge in [0.15, 0.2) is 0 Å². The van der Waals surface area contributed by atoms with Gasteiger partial charge < -0.3 is 10.6 Å². The molecule has 2 N–H and O–H groups in total. The highest BCUT2D eigenvalue weighted by Crippen LogP contribution is 2.09. The highest BCUT2D eigenvalue weighted by Gasteiger charge is 2.25. The summed E-state index contributed by atoms with van der Waals surface area (Å²) in [4.78, 5) is 22.5. The molecule has 4 nitrogen and oxygen atoms in total. The Hall–Kier alpha value is -1.58. The maximum Gasteiger partial charge on any atom is 0.243 e. The zero-order valence-electron chi connectivity index (χ0n) is 9.04. The van der Waals surface area contributed by atoms with Crippen LogP contribution in [0.5, 0.6) is 0 Å². The number of hydrogen-bond donors (Lipinski definition) is 2. The van der Waals surface area contributed by atoms with Gasteiger partial charge in [-0.1, -0.05) is 23.8 Å². The van der Waals surface area contributed by atoms with E-state index in [1.807, 2.05) is 32.1 Å². The van der Waals surface area contributed by atoms with Crippen molar-refractivity contribution in [1.82, 2.24) is 10.6 Å². The first-order valence-electron chi connectivity index (χ1n) is 5.02. The van der Waals surface area contributed by atoms with Crippen molar-refractivity contribution in [3.05, 3.63) is 23.8 Å². The maximum absolute atomic E-state index is 11.4. The second-order valence-electron chi connectivity index (χ2n) is 3.41. The number of hydrogen-bond acceptors (Lipinski definition) is 2. The van der Waals surface area contributed by atoms with Gasteiger partial charge in [0.2, 0.25) is 11.8 Å². The van der Waals surface area contributed by atoms with Crippen LogP contribution in [0, 0.1) is 0 Å². The van der Waals surface area contributed by atoms with Crippen molar-refractivity contribution in [3.63, 3.8) is 0 Å². The van der Waals surface area contributed by atoms with E-state index in [9.17, 15) is 9.59 Å². The molecule has 1 unspecified atom stereocenters. The average molecular weight is 208 g/mol. The molecule has 15 heavy (non-hydrogen) atoms. The van der Waals surface area contributed by atoms with Crippen molar-refractivity contribution < 1.29 is 9.59 Å². The fourth-order valence-corrected chi connectivity index (χ4v) is 1.48. The minimum Gasteiger partial charge on any atom is -0.345 e. The number of rotatable bonds is 3. The van der Waals surface area contributed by atoms with E-state index in [2.05, 4.69) is 10.6 Å². The van der Waals surface area contributed by atoms with E-state index >= 15 is 0 Å². The molecule has 1 saturated heterocycles. The number of carbonyl (C=O) groups excluding carboxylic acids is 2. The van der Waals surface area contributed by atoms with Gasteiger partial charge in [0.1, 0.15) is 6.04 Å². The lowest BCUT2D eigenvalue weighted by molar-refractivity contribution is -0.133. The summed E-state index contributed by atoms with van der Waals surface area (Å²) in [6.07, 6.45) is 6.33. The Bertz CT molecular complexity index is 319. The van der Waals surface area contributed by atoms with Gasteiger partial charge in [-0.2, -0.15) is 0 Å². The third-order valence-corrected chi connectivity index (χ3v) is 2.27. The second-order valence-corrected chi connectivity index (χ2v) is 3.41. The number of allylic oxidation sites excluding steroid dienone is 3. The third kappa shape index (κ3) is 3.23. The largest absolute Gasteiger partial charge is 0.345 e. The van der Waals surface area contributed by atoms with Crippen LogP contribution < -0.4 is 10.6 Å². The third-order valence-electron chi connectivity index (χ3n) is 2.27. The minimum absolute atomic E-state index is 0.0874. The van der Waals surface area contributed by atoms with E-state index in [1.165, 1.54) is 0 Å². The Kier molecular flexibility index (Phi) is 4.09. The number of piperazine rings is 1. The van der Waals surface area contributed by atoms with Gasteiger partial charge in [-0.25, -0.2) is 0 Å². The van der Waals surface area contributed by atoms with E-state index in [0.29, 0.717) is 6.42 Å². The van der Waals surface area contributed by atoms with Crippen LogP contribution in [0.2, 0.25) is 0 Å². The van der Waals surface area contributed by atoms with Gasteiger partial charge in [0, 0.05) is 6.42 Å². The SMILES string of the molecule is C/C=C\C(=C/C)CC1NC(=O)CNC1=O. The first kappa shape index (κ1) is 11.5. The summed E-state index contributed by atoms with van der Waals surface area (Å²) in [5, 5.41) is 5.21. The van der Waals surface area contributed by atoms with Crippen LogP contribution in [-0.4, -0.2) is 24.4 Å². The van der Waals surface area contributed by atoms with Crippen LogP contribution in [0.25, 0.3) is 0 Å². The van der Waals surface area contributed by atoms with Crippen LogP contribution in [-0.2, 0) is 9.59 Å². The topological polar surface area (TPSA) is 58.2 Å². The van der Waals surface area contributed by atoms with Crippen molar-refractivity contribution in [2.75, 3.05) is 6.54 Å². The molecule has 1 aliphatic rings. The maximum atomic E-state index is 11.4. The Balaban J connectivity index is 2.62.